The Morgan fingerprint density at radius 1 is 1.71 bits per heavy atom. The molecule has 2 heterocycles. The molecule has 1 atom stereocenters. The zero-order valence-corrected chi connectivity index (χ0v) is 10.7. The summed E-state index contributed by atoms with van der Waals surface area (Å²) in [5.74, 6) is 0. The first-order chi connectivity index (χ1) is 8.22. The van der Waals surface area contributed by atoms with Gasteiger partial charge in [0.05, 0.1) is 24.9 Å². The smallest absolute Gasteiger partial charge is 0.122 e. The highest BCUT2D eigenvalue weighted by atomic mass is 32.1. The van der Waals surface area contributed by atoms with Gasteiger partial charge in [-0.2, -0.15) is 0 Å². The summed E-state index contributed by atoms with van der Waals surface area (Å²) in [6.07, 6.45) is 2.82. The van der Waals surface area contributed by atoms with E-state index >= 15 is 0 Å². The third-order valence-electron chi connectivity index (χ3n) is 3.03. The Balaban J connectivity index is 2.25. The van der Waals surface area contributed by atoms with Crippen molar-refractivity contribution < 1.29 is 4.74 Å². The summed E-state index contributed by atoms with van der Waals surface area (Å²) in [7, 11) is 0. The normalized spacial score (nSPS) is 20.3. The largest absolute Gasteiger partial charge is 0.388 e. The molecule has 1 unspecified atom stereocenters. The van der Waals surface area contributed by atoms with E-state index < -0.39 is 0 Å². The van der Waals surface area contributed by atoms with Gasteiger partial charge in [0.25, 0.3) is 0 Å². The number of hydrogen-bond donors (Lipinski definition) is 1. The van der Waals surface area contributed by atoms with Crippen LogP contribution >= 0.6 is 12.2 Å². The molecule has 5 heteroatoms. The maximum Gasteiger partial charge on any atom is 0.122 e. The standard InChI is InChI=1S/C12H17N3OS/c1-2-9-8-16-6-5-15(9)10-3-4-14-11(7-10)12(13)17/h3-4,7,9H,2,5-6,8H2,1H3,(H2,13,17). The third kappa shape index (κ3) is 2.73. The van der Waals surface area contributed by atoms with Gasteiger partial charge in [-0.15, -0.1) is 0 Å². The van der Waals surface area contributed by atoms with Crippen molar-refractivity contribution in [3.63, 3.8) is 0 Å². The van der Waals surface area contributed by atoms with E-state index in [-0.39, 0.29) is 0 Å². The van der Waals surface area contributed by atoms with Crippen LogP contribution in [0.15, 0.2) is 18.3 Å². The average Bonchev–Trinajstić information content (AvgIpc) is 2.39. The molecule has 0 bridgehead atoms. The summed E-state index contributed by atoms with van der Waals surface area (Å²) in [4.78, 5) is 6.84. The van der Waals surface area contributed by atoms with Gasteiger partial charge in [-0.1, -0.05) is 19.1 Å². The molecule has 2 rings (SSSR count). The molecule has 4 nitrogen and oxygen atoms in total. The minimum atomic E-state index is 0.341. The van der Waals surface area contributed by atoms with Gasteiger partial charge in [-0.3, -0.25) is 4.98 Å². The van der Waals surface area contributed by atoms with Crippen LogP contribution in [-0.4, -0.2) is 35.8 Å². The average molecular weight is 251 g/mol. The number of nitrogens with zero attached hydrogens (tertiary/aromatic N) is 2. The zero-order chi connectivity index (χ0) is 12.3. The molecule has 0 aliphatic carbocycles. The molecule has 92 valence electrons. The van der Waals surface area contributed by atoms with Crippen LogP contribution < -0.4 is 10.6 Å². The molecule has 0 radical (unpaired) electrons. The van der Waals surface area contributed by atoms with Gasteiger partial charge in [0.15, 0.2) is 0 Å². The fourth-order valence-corrected chi connectivity index (χ4v) is 2.18. The number of ether oxygens (including phenoxy) is 1. The quantitative estimate of drug-likeness (QED) is 0.821. The first-order valence-electron chi connectivity index (χ1n) is 5.82. The maximum absolute atomic E-state index is 5.61. The van der Waals surface area contributed by atoms with Crippen molar-refractivity contribution >= 4 is 22.9 Å². The Labute approximate surface area is 107 Å². The van der Waals surface area contributed by atoms with Gasteiger partial charge >= 0.3 is 0 Å². The number of morpholine rings is 1. The molecular formula is C12H17N3OS. The number of aromatic nitrogens is 1. The SMILES string of the molecule is CCC1COCCN1c1ccnc(C(N)=S)c1. The van der Waals surface area contributed by atoms with Gasteiger partial charge < -0.3 is 15.4 Å². The van der Waals surface area contributed by atoms with E-state index in [2.05, 4.69) is 16.8 Å². The summed E-state index contributed by atoms with van der Waals surface area (Å²) in [6, 6.07) is 4.37. The van der Waals surface area contributed by atoms with Crippen LogP contribution in [0.2, 0.25) is 0 Å². The monoisotopic (exact) mass is 251 g/mol. The Hall–Kier alpha value is -1.20. The topological polar surface area (TPSA) is 51.4 Å². The second-order valence-electron chi connectivity index (χ2n) is 4.09. The minimum Gasteiger partial charge on any atom is -0.388 e. The lowest BCUT2D eigenvalue weighted by Gasteiger charge is -2.37. The number of hydrogen-bond acceptors (Lipinski definition) is 4. The van der Waals surface area contributed by atoms with Crippen LogP contribution in [0.3, 0.4) is 0 Å². The number of pyridine rings is 1. The summed E-state index contributed by atoms with van der Waals surface area (Å²) in [5.41, 5.74) is 7.41. The van der Waals surface area contributed by atoms with E-state index in [1.54, 1.807) is 6.20 Å². The molecule has 0 saturated carbocycles. The van der Waals surface area contributed by atoms with E-state index in [1.807, 2.05) is 12.1 Å². The Bertz CT molecular complexity index is 410. The van der Waals surface area contributed by atoms with Crippen molar-refractivity contribution in [3.8, 4) is 0 Å². The van der Waals surface area contributed by atoms with Crippen molar-refractivity contribution in [2.24, 2.45) is 5.73 Å². The zero-order valence-electron chi connectivity index (χ0n) is 9.93. The molecule has 0 aromatic carbocycles. The summed E-state index contributed by atoms with van der Waals surface area (Å²) >= 11 is 4.95. The molecule has 1 aliphatic heterocycles. The van der Waals surface area contributed by atoms with Gasteiger partial charge in [0.2, 0.25) is 0 Å². The summed E-state index contributed by atoms with van der Waals surface area (Å²) in [5, 5.41) is 0. The van der Waals surface area contributed by atoms with E-state index in [0.29, 0.717) is 16.7 Å². The highest BCUT2D eigenvalue weighted by Crippen LogP contribution is 2.21. The van der Waals surface area contributed by atoms with Gasteiger partial charge in [0.1, 0.15) is 4.99 Å². The second kappa shape index (κ2) is 5.42. The molecule has 0 amide bonds. The molecule has 1 aromatic heterocycles. The molecule has 1 aromatic rings. The number of thiocarbonyl (C=S) groups is 1. The predicted molar refractivity (Wildman–Crippen MR) is 72.4 cm³/mol. The lowest BCUT2D eigenvalue weighted by atomic mass is 10.1. The fraction of sp³-hybridized carbons (Fsp3) is 0.500. The third-order valence-corrected chi connectivity index (χ3v) is 3.24. The molecule has 17 heavy (non-hydrogen) atoms. The van der Waals surface area contributed by atoms with Crippen LogP contribution in [0.4, 0.5) is 5.69 Å². The van der Waals surface area contributed by atoms with E-state index in [4.69, 9.17) is 22.7 Å². The van der Waals surface area contributed by atoms with Crippen molar-refractivity contribution in [2.45, 2.75) is 19.4 Å². The maximum atomic E-state index is 5.61. The number of anilines is 1. The van der Waals surface area contributed by atoms with Crippen LogP contribution in [0.5, 0.6) is 0 Å². The van der Waals surface area contributed by atoms with Gasteiger partial charge in [-0.25, -0.2) is 0 Å². The van der Waals surface area contributed by atoms with E-state index in [1.165, 1.54) is 0 Å². The lowest BCUT2D eigenvalue weighted by molar-refractivity contribution is 0.0930. The van der Waals surface area contributed by atoms with Crippen molar-refractivity contribution in [2.75, 3.05) is 24.7 Å². The van der Waals surface area contributed by atoms with E-state index in [0.717, 1.165) is 31.9 Å². The van der Waals surface area contributed by atoms with Crippen LogP contribution in [0, 0.1) is 0 Å². The lowest BCUT2D eigenvalue weighted by Crippen LogP contribution is -2.45. The summed E-state index contributed by atoms with van der Waals surface area (Å²) in [6.45, 7) is 4.61. The van der Waals surface area contributed by atoms with Crippen LogP contribution in [0.1, 0.15) is 19.0 Å². The Kier molecular flexibility index (Phi) is 3.91. The molecule has 0 spiro atoms. The van der Waals surface area contributed by atoms with Crippen molar-refractivity contribution in [1.29, 1.82) is 0 Å². The highest BCUT2D eigenvalue weighted by molar-refractivity contribution is 7.80. The van der Waals surface area contributed by atoms with Gasteiger partial charge in [0, 0.05) is 18.4 Å². The second-order valence-corrected chi connectivity index (χ2v) is 4.53. The first-order valence-corrected chi connectivity index (χ1v) is 6.23. The molecule has 1 aliphatic rings. The van der Waals surface area contributed by atoms with Crippen LogP contribution in [0.25, 0.3) is 0 Å². The predicted octanol–water partition coefficient (Wildman–Crippen LogP) is 1.33. The Morgan fingerprint density at radius 3 is 3.24 bits per heavy atom. The number of nitrogens with two attached hydrogens (primary N) is 1. The first kappa shape index (κ1) is 12.3. The van der Waals surface area contributed by atoms with Crippen LogP contribution in [-0.2, 0) is 4.74 Å². The fourth-order valence-electron chi connectivity index (χ4n) is 2.07. The molecule has 1 saturated heterocycles. The molecule has 1 fully saturated rings. The Morgan fingerprint density at radius 2 is 2.53 bits per heavy atom. The van der Waals surface area contributed by atoms with E-state index in [9.17, 15) is 0 Å². The molecule has 2 N–H and O–H groups in total. The summed E-state index contributed by atoms with van der Waals surface area (Å²) < 4.78 is 5.49. The number of rotatable bonds is 3. The van der Waals surface area contributed by atoms with Crippen molar-refractivity contribution in [1.82, 2.24) is 4.98 Å². The van der Waals surface area contributed by atoms with Gasteiger partial charge in [-0.05, 0) is 18.6 Å². The highest BCUT2D eigenvalue weighted by Gasteiger charge is 2.21. The molecular weight excluding hydrogens is 234 g/mol. The van der Waals surface area contributed by atoms with Crippen molar-refractivity contribution in [3.05, 3.63) is 24.0 Å². The minimum absolute atomic E-state index is 0.341.